The molecule has 0 radical (unpaired) electrons. The molecule has 0 amide bonds. The molecule has 84 valence electrons. The quantitative estimate of drug-likeness (QED) is 0.773. The Morgan fingerprint density at radius 2 is 2.13 bits per heavy atom. The van der Waals surface area contributed by atoms with Crippen molar-refractivity contribution in [3.63, 3.8) is 0 Å². The first-order chi connectivity index (χ1) is 6.92. The van der Waals surface area contributed by atoms with Crippen molar-refractivity contribution in [2.24, 2.45) is 0 Å². The van der Waals surface area contributed by atoms with Gasteiger partial charge in [0.2, 0.25) is 5.95 Å². The fourth-order valence-corrected chi connectivity index (χ4v) is 1.40. The van der Waals surface area contributed by atoms with E-state index in [0.29, 0.717) is 18.9 Å². The molecule has 0 aliphatic rings. The summed E-state index contributed by atoms with van der Waals surface area (Å²) in [7, 11) is 0. The van der Waals surface area contributed by atoms with Crippen molar-refractivity contribution in [3.8, 4) is 0 Å². The lowest BCUT2D eigenvalue weighted by atomic mass is 10.1. The molecule has 1 aromatic rings. The van der Waals surface area contributed by atoms with Crippen molar-refractivity contribution in [2.45, 2.75) is 26.4 Å². The highest BCUT2D eigenvalue weighted by atomic mass is 19.1. The molecular formula is C11H17FN2O. The zero-order chi connectivity index (χ0) is 11.5. The number of aliphatic hydroxyl groups is 1. The van der Waals surface area contributed by atoms with Crippen LogP contribution in [0.4, 0.5) is 10.2 Å². The highest BCUT2D eigenvalue weighted by molar-refractivity contribution is 5.38. The minimum Gasteiger partial charge on any atom is -0.389 e. The number of anilines is 1. The summed E-state index contributed by atoms with van der Waals surface area (Å²) in [4.78, 5) is 5.61. The molecule has 1 heterocycles. The maximum atomic E-state index is 12.9. The number of likely N-dealkylation sites (N-methyl/N-ethyl adjacent to an activating group) is 1. The second kappa shape index (κ2) is 4.57. The van der Waals surface area contributed by atoms with Gasteiger partial charge in [0.1, 0.15) is 5.82 Å². The van der Waals surface area contributed by atoms with Gasteiger partial charge in [0.25, 0.3) is 0 Å². The van der Waals surface area contributed by atoms with Crippen LogP contribution in [0.3, 0.4) is 0 Å². The zero-order valence-electron chi connectivity index (χ0n) is 9.37. The molecule has 0 saturated heterocycles. The summed E-state index contributed by atoms with van der Waals surface area (Å²) in [5.74, 6) is 0.0568. The number of halogens is 1. The average Bonchev–Trinajstić information content (AvgIpc) is 2.13. The van der Waals surface area contributed by atoms with Gasteiger partial charge in [-0.05, 0) is 32.9 Å². The van der Waals surface area contributed by atoms with Crippen molar-refractivity contribution in [3.05, 3.63) is 24.1 Å². The van der Waals surface area contributed by atoms with Gasteiger partial charge in [-0.15, -0.1) is 0 Å². The van der Waals surface area contributed by atoms with E-state index in [4.69, 9.17) is 0 Å². The normalized spacial score (nSPS) is 11.5. The van der Waals surface area contributed by atoms with E-state index in [1.807, 2.05) is 11.8 Å². The highest BCUT2D eigenvalue weighted by Crippen LogP contribution is 2.14. The number of aromatic nitrogens is 1. The molecule has 3 nitrogen and oxygen atoms in total. The highest BCUT2D eigenvalue weighted by Gasteiger charge is 2.18. The molecule has 0 spiro atoms. The van der Waals surface area contributed by atoms with Crippen LogP contribution >= 0.6 is 0 Å². The largest absolute Gasteiger partial charge is 0.389 e. The van der Waals surface area contributed by atoms with E-state index in [1.165, 1.54) is 6.07 Å². The third-order valence-corrected chi connectivity index (χ3v) is 1.98. The van der Waals surface area contributed by atoms with Crippen molar-refractivity contribution >= 4 is 5.82 Å². The molecule has 0 aromatic carbocycles. The molecule has 0 bridgehead atoms. The molecule has 15 heavy (non-hydrogen) atoms. The first-order valence-corrected chi connectivity index (χ1v) is 5.02. The van der Waals surface area contributed by atoms with Crippen LogP contribution in [0.1, 0.15) is 20.8 Å². The fourth-order valence-electron chi connectivity index (χ4n) is 1.40. The van der Waals surface area contributed by atoms with Crippen LogP contribution in [0.5, 0.6) is 0 Å². The second-order valence-corrected chi connectivity index (χ2v) is 4.15. The Kier molecular flexibility index (Phi) is 3.63. The Labute approximate surface area is 89.6 Å². The molecule has 0 saturated carbocycles. The minimum atomic E-state index is -0.815. The summed E-state index contributed by atoms with van der Waals surface area (Å²) in [6.07, 6.45) is 0. The second-order valence-electron chi connectivity index (χ2n) is 4.15. The van der Waals surface area contributed by atoms with Crippen LogP contribution in [0.2, 0.25) is 0 Å². The van der Waals surface area contributed by atoms with Crippen LogP contribution in [-0.2, 0) is 0 Å². The molecule has 0 aliphatic carbocycles. The predicted molar refractivity (Wildman–Crippen MR) is 58.4 cm³/mol. The molecule has 0 atom stereocenters. The van der Waals surface area contributed by atoms with Crippen LogP contribution in [0.15, 0.2) is 18.2 Å². The fraction of sp³-hybridized carbons (Fsp3) is 0.545. The lowest BCUT2D eigenvalue weighted by Crippen LogP contribution is -2.39. The lowest BCUT2D eigenvalue weighted by molar-refractivity contribution is 0.0874. The number of hydrogen-bond acceptors (Lipinski definition) is 3. The third-order valence-electron chi connectivity index (χ3n) is 1.98. The number of rotatable bonds is 4. The van der Waals surface area contributed by atoms with Gasteiger partial charge < -0.3 is 10.0 Å². The van der Waals surface area contributed by atoms with E-state index < -0.39 is 11.5 Å². The number of hydrogen-bond donors (Lipinski definition) is 1. The van der Waals surface area contributed by atoms with Crippen molar-refractivity contribution in [1.82, 2.24) is 4.98 Å². The monoisotopic (exact) mass is 212 g/mol. The third kappa shape index (κ3) is 3.83. The van der Waals surface area contributed by atoms with Gasteiger partial charge in [-0.2, -0.15) is 4.39 Å². The summed E-state index contributed by atoms with van der Waals surface area (Å²) >= 11 is 0. The van der Waals surface area contributed by atoms with Gasteiger partial charge in [0.15, 0.2) is 0 Å². The molecule has 0 unspecified atom stereocenters. The number of pyridine rings is 1. The minimum absolute atomic E-state index is 0.431. The Bertz CT molecular complexity index is 323. The maximum Gasteiger partial charge on any atom is 0.214 e. The van der Waals surface area contributed by atoms with Crippen LogP contribution in [-0.4, -0.2) is 28.8 Å². The maximum absolute atomic E-state index is 12.9. The van der Waals surface area contributed by atoms with E-state index in [2.05, 4.69) is 4.98 Å². The van der Waals surface area contributed by atoms with Crippen LogP contribution < -0.4 is 4.90 Å². The molecule has 1 N–H and O–H groups in total. The first-order valence-electron chi connectivity index (χ1n) is 5.02. The molecule has 4 heteroatoms. The Morgan fingerprint density at radius 1 is 1.47 bits per heavy atom. The molecule has 0 fully saturated rings. The van der Waals surface area contributed by atoms with E-state index in [0.717, 1.165) is 0 Å². The average molecular weight is 212 g/mol. The molecule has 1 rings (SSSR count). The van der Waals surface area contributed by atoms with Crippen LogP contribution in [0.25, 0.3) is 0 Å². The van der Waals surface area contributed by atoms with Gasteiger partial charge in [0, 0.05) is 13.1 Å². The summed E-state index contributed by atoms with van der Waals surface area (Å²) < 4.78 is 12.9. The summed E-state index contributed by atoms with van der Waals surface area (Å²) in [5.41, 5.74) is -0.815. The topological polar surface area (TPSA) is 36.4 Å². The number of nitrogens with zero attached hydrogens (tertiary/aromatic N) is 2. The van der Waals surface area contributed by atoms with Crippen molar-refractivity contribution < 1.29 is 9.50 Å². The Hall–Kier alpha value is -1.16. The van der Waals surface area contributed by atoms with Gasteiger partial charge in [-0.1, -0.05) is 6.07 Å². The molecule has 1 aromatic heterocycles. The Balaban J connectivity index is 2.83. The molecule has 0 aliphatic heterocycles. The SMILES string of the molecule is CCN(CC(C)(C)O)c1cccc(F)n1. The van der Waals surface area contributed by atoms with Gasteiger partial charge in [-0.3, -0.25) is 0 Å². The predicted octanol–water partition coefficient (Wildman–Crippen LogP) is 1.82. The standard InChI is InChI=1S/C11H17FN2O/c1-4-14(8-11(2,3)15)10-7-5-6-9(12)13-10/h5-7,15H,4,8H2,1-3H3. The van der Waals surface area contributed by atoms with Gasteiger partial charge in [-0.25, -0.2) is 4.98 Å². The van der Waals surface area contributed by atoms with Crippen LogP contribution in [0, 0.1) is 5.95 Å². The van der Waals surface area contributed by atoms with Crippen molar-refractivity contribution in [1.29, 1.82) is 0 Å². The summed E-state index contributed by atoms with van der Waals surface area (Å²) in [5, 5.41) is 9.69. The van der Waals surface area contributed by atoms with E-state index in [-0.39, 0.29) is 0 Å². The van der Waals surface area contributed by atoms with E-state index in [9.17, 15) is 9.50 Å². The smallest absolute Gasteiger partial charge is 0.214 e. The Morgan fingerprint density at radius 3 is 2.60 bits per heavy atom. The van der Waals surface area contributed by atoms with Gasteiger partial charge >= 0.3 is 0 Å². The zero-order valence-corrected chi connectivity index (χ0v) is 9.37. The molecular weight excluding hydrogens is 195 g/mol. The van der Waals surface area contributed by atoms with E-state index in [1.54, 1.807) is 26.0 Å². The van der Waals surface area contributed by atoms with E-state index >= 15 is 0 Å². The first kappa shape index (κ1) is 11.9. The summed E-state index contributed by atoms with van der Waals surface area (Å²) in [6.45, 7) is 6.49. The summed E-state index contributed by atoms with van der Waals surface area (Å²) in [6, 6.07) is 4.66. The van der Waals surface area contributed by atoms with Crippen molar-refractivity contribution in [2.75, 3.05) is 18.0 Å². The lowest BCUT2D eigenvalue weighted by Gasteiger charge is -2.28. The van der Waals surface area contributed by atoms with Gasteiger partial charge in [0.05, 0.1) is 5.60 Å².